The van der Waals surface area contributed by atoms with Crippen molar-refractivity contribution in [2.75, 3.05) is 31.6 Å². The number of likely N-dealkylation sites (N-methyl/N-ethyl adjacent to an activating group) is 1. The second kappa shape index (κ2) is 31.6. The Kier molecular flexibility index (Phi) is 24.6. The highest BCUT2D eigenvalue weighted by atomic mass is 33.1. The first-order chi connectivity index (χ1) is 40.6. The number of imidazole rings is 1. The van der Waals surface area contributed by atoms with Gasteiger partial charge in [0.05, 0.1) is 12.4 Å². The van der Waals surface area contributed by atoms with E-state index in [1.54, 1.807) is 43.5 Å². The highest BCUT2D eigenvalue weighted by Gasteiger charge is 2.42. The van der Waals surface area contributed by atoms with Gasteiger partial charge in [0.15, 0.2) is 5.96 Å². The van der Waals surface area contributed by atoms with E-state index in [-0.39, 0.29) is 69.1 Å². The van der Waals surface area contributed by atoms with Crippen LogP contribution in [0.2, 0.25) is 0 Å². The summed E-state index contributed by atoms with van der Waals surface area (Å²) in [6.45, 7) is 6.07. The van der Waals surface area contributed by atoms with Crippen LogP contribution in [0.3, 0.4) is 0 Å². The molecule has 4 aromatic rings. The Morgan fingerprint density at radius 2 is 1.42 bits per heavy atom. The third-order valence-corrected chi connectivity index (χ3v) is 17.3. The highest BCUT2D eigenvalue weighted by molar-refractivity contribution is 8.76. The number of hydrogen-bond donors (Lipinski definition) is 13. The maximum atomic E-state index is 15.3. The minimum Gasteiger partial charge on any atom is -0.391 e. The molecule has 0 radical (unpaired) electrons. The molecule has 0 bridgehead atoms. The molecule has 2 aromatic carbocycles. The summed E-state index contributed by atoms with van der Waals surface area (Å²) in [5.41, 5.74) is 19.5. The van der Waals surface area contributed by atoms with E-state index >= 15 is 14.4 Å². The Labute approximate surface area is 499 Å². The fourth-order valence-corrected chi connectivity index (χ4v) is 12.4. The molecule has 0 aliphatic carbocycles. The first-order valence-corrected chi connectivity index (χ1v) is 30.5. The quantitative estimate of drug-likeness (QED) is 0.0279. The number of H-pyrrole nitrogens is 2. The Morgan fingerprint density at radius 3 is 2.09 bits per heavy atom. The zero-order valence-corrected chi connectivity index (χ0v) is 49.8. The zero-order valence-electron chi connectivity index (χ0n) is 48.1. The number of carbonyl (C=O) groups is 10. The second-order valence-electron chi connectivity index (χ2n) is 21.2. The number of rotatable bonds is 15. The molecule has 6 rings (SSSR count). The average Bonchev–Trinajstić information content (AvgIpc) is 3.29. The van der Waals surface area contributed by atoms with Gasteiger partial charge in [-0.15, -0.1) is 0 Å². The van der Waals surface area contributed by atoms with Crippen molar-refractivity contribution < 1.29 is 53.1 Å². The monoisotopic (exact) mass is 1210 g/mol. The number of nitrogens with one attached hydrogen (secondary N) is 9. The lowest BCUT2D eigenvalue weighted by atomic mass is 9.97. The number of benzene rings is 2. The van der Waals surface area contributed by atoms with Crippen molar-refractivity contribution in [3.63, 3.8) is 0 Å². The number of amides is 10. The topological polar surface area (TPSA) is 417 Å². The molecule has 2 fully saturated rings. The Bertz CT molecular complexity index is 3020. The Hall–Kier alpha value is -8.18. The maximum absolute atomic E-state index is 15.3. The van der Waals surface area contributed by atoms with Crippen LogP contribution in [-0.2, 0) is 67.2 Å². The van der Waals surface area contributed by atoms with Crippen LogP contribution in [0.5, 0.6) is 0 Å². The molecule has 2 aliphatic rings. The van der Waals surface area contributed by atoms with E-state index in [0.717, 1.165) is 44.3 Å². The number of aliphatic hydroxyl groups excluding tert-OH is 1. The number of hydrogen-bond acceptors (Lipinski definition) is 15. The van der Waals surface area contributed by atoms with E-state index < -0.39 is 125 Å². The lowest BCUT2D eigenvalue weighted by molar-refractivity contribution is -0.145. The number of para-hydroxylation sites is 1. The van der Waals surface area contributed by atoms with Gasteiger partial charge in [-0.1, -0.05) is 90.4 Å². The number of guanidine groups is 1. The van der Waals surface area contributed by atoms with Crippen LogP contribution in [0, 0.1) is 5.92 Å². The first kappa shape index (κ1) is 66.0. The van der Waals surface area contributed by atoms with Crippen molar-refractivity contribution in [2.24, 2.45) is 28.1 Å². The summed E-state index contributed by atoms with van der Waals surface area (Å²) in [5.74, 6) is -8.95. The van der Waals surface area contributed by atoms with Crippen LogP contribution in [0.15, 0.2) is 78.3 Å². The summed E-state index contributed by atoms with van der Waals surface area (Å²) in [5, 5.41) is 30.6. The van der Waals surface area contributed by atoms with Crippen molar-refractivity contribution in [3.05, 3.63) is 90.1 Å². The summed E-state index contributed by atoms with van der Waals surface area (Å²) < 4.78 is 0. The fourth-order valence-electron chi connectivity index (χ4n) is 10.0. The molecule has 2 saturated heterocycles. The molecule has 29 heteroatoms. The molecule has 11 atom stereocenters. The SMILES string of the molecule is CC[C@H](C)[C@@H]1NC(=O)[C@@H]2CCCN2C(=O)[C@H](Cc2c[nH]c3ccccc23)NC(=O)[C@H](CCCN=C(N)N)N(C)C(=O)[C@@H](Cc2ccccc2)NC(=O)[C@H](Cc2cnc[nH]2)NC(=O)[C@H]([C@@H](C)O)NC(=O)[C@@H](NC(C)=O)CSSC[C@@H](C(N)=O)NC1=O. The predicted octanol–water partition coefficient (Wildman–Crippen LogP) is -1.49. The lowest BCUT2D eigenvalue weighted by Crippen LogP contribution is -2.62. The van der Waals surface area contributed by atoms with Crippen molar-refractivity contribution in [1.82, 2.24) is 62.0 Å². The molecule has 460 valence electrons. The number of aliphatic imine (C=N–C) groups is 1. The third kappa shape index (κ3) is 18.7. The van der Waals surface area contributed by atoms with E-state index in [2.05, 4.69) is 57.2 Å². The molecule has 10 amide bonds. The smallest absolute Gasteiger partial charge is 0.246 e. The van der Waals surface area contributed by atoms with E-state index in [1.807, 2.05) is 31.2 Å². The molecular formula is C56H78N16O11S2. The second-order valence-corrected chi connectivity index (χ2v) is 23.8. The van der Waals surface area contributed by atoms with Gasteiger partial charge in [0, 0.05) is 86.8 Å². The number of aromatic amines is 2. The van der Waals surface area contributed by atoms with E-state index in [4.69, 9.17) is 17.2 Å². The summed E-state index contributed by atoms with van der Waals surface area (Å²) >= 11 is 0. The van der Waals surface area contributed by atoms with E-state index in [9.17, 15) is 38.7 Å². The van der Waals surface area contributed by atoms with E-state index in [0.29, 0.717) is 29.7 Å². The normalized spacial score (nSPS) is 24.8. The standard InChI is InChI=1S/C56H78N16O11S2/c1-6-30(2)45-52(80)68-41(47(57)75)27-84-85-28-42(64-32(4)74)49(77)70-46(31(3)73)53(81)65-38(24-35-26-60-29-63-35)48(76)66-39(22-33-14-8-7-9-15-33)54(82)71(5)43(18-12-20-61-56(58)59)50(78)67-40(23-34-25-62-37-17-11-10-16-36(34)37)55(83)72-21-13-19-44(72)51(79)69-45/h7-11,14-17,25-26,29-31,38-46,62,73H,6,12-13,18-24,27-28H2,1-5H3,(H2,57,75)(H,60,63)(H,64,74)(H,65,81)(H,66,76)(H,67,78)(H,68,80)(H,69,79)(H,70,77)(H4,58,59,61)/t30-,31+,38-,39+,40-,41-,42-,43-,44-,45-,46-/m0/s1. The first-order valence-electron chi connectivity index (χ1n) is 28.1. The number of aliphatic hydroxyl groups is 1. The number of nitrogens with zero attached hydrogens (tertiary/aromatic N) is 4. The van der Waals surface area contributed by atoms with Gasteiger partial charge in [-0.3, -0.25) is 52.9 Å². The van der Waals surface area contributed by atoms with E-state index in [1.165, 1.54) is 31.4 Å². The number of carbonyl (C=O) groups excluding carboxylic acids is 10. The zero-order chi connectivity index (χ0) is 61.9. The summed E-state index contributed by atoms with van der Waals surface area (Å²) in [7, 11) is 3.41. The molecule has 0 spiro atoms. The van der Waals surface area contributed by atoms with Gasteiger partial charge < -0.3 is 79.3 Å². The summed E-state index contributed by atoms with van der Waals surface area (Å²) in [6, 6.07) is 3.70. The van der Waals surface area contributed by atoms with Crippen LogP contribution < -0.4 is 54.4 Å². The van der Waals surface area contributed by atoms with Gasteiger partial charge in [0.25, 0.3) is 0 Å². The van der Waals surface area contributed by atoms with Crippen molar-refractivity contribution in [2.45, 2.75) is 140 Å². The molecular weight excluding hydrogens is 1140 g/mol. The number of primary amides is 1. The molecule has 4 heterocycles. The average molecular weight is 1220 g/mol. The Morgan fingerprint density at radius 1 is 0.765 bits per heavy atom. The summed E-state index contributed by atoms with van der Waals surface area (Å²) in [6.07, 6.45) is 3.50. The molecule has 0 unspecified atom stereocenters. The van der Waals surface area contributed by atoms with Crippen LogP contribution in [0.1, 0.15) is 76.6 Å². The van der Waals surface area contributed by atoms with Gasteiger partial charge >= 0.3 is 0 Å². The molecule has 2 aliphatic heterocycles. The summed E-state index contributed by atoms with van der Waals surface area (Å²) in [4.78, 5) is 160. The minimum absolute atomic E-state index is 0.0359. The van der Waals surface area contributed by atoms with Crippen molar-refractivity contribution in [1.29, 1.82) is 0 Å². The van der Waals surface area contributed by atoms with Gasteiger partial charge in [-0.2, -0.15) is 0 Å². The predicted molar refractivity (Wildman–Crippen MR) is 320 cm³/mol. The molecule has 0 saturated carbocycles. The Balaban J connectivity index is 1.44. The molecule has 85 heavy (non-hydrogen) atoms. The van der Waals surface area contributed by atoms with Gasteiger partial charge in [-0.25, -0.2) is 4.98 Å². The van der Waals surface area contributed by atoms with Crippen molar-refractivity contribution >= 4 is 97.5 Å². The number of nitrogens with two attached hydrogens (primary N) is 3. The van der Waals surface area contributed by atoms with Crippen LogP contribution in [-0.4, -0.2) is 187 Å². The van der Waals surface area contributed by atoms with Crippen LogP contribution >= 0.6 is 21.6 Å². The lowest BCUT2D eigenvalue weighted by Gasteiger charge is -2.34. The molecule has 2 aromatic heterocycles. The minimum atomic E-state index is -1.72. The van der Waals surface area contributed by atoms with Crippen LogP contribution in [0.4, 0.5) is 0 Å². The van der Waals surface area contributed by atoms with Gasteiger partial charge in [-0.05, 0) is 55.7 Å². The highest BCUT2D eigenvalue weighted by Crippen LogP contribution is 2.26. The molecule has 16 N–H and O–H groups in total. The van der Waals surface area contributed by atoms with Gasteiger partial charge in [0.2, 0.25) is 59.1 Å². The van der Waals surface area contributed by atoms with Crippen molar-refractivity contribution in [3.8, 4) is 0 Å². The largest absolute Gasteiger partial charge is 0.391 e. The number of aromatic nitrogens is 3. The van der Waals surface area contributed by atoms with Gasteiger partial charge in [0.1, 0.15) is 54.4 Å². The third-order valence-electron chi connectivity index (χ3n) is 14.9. The molecule has 27 nitrogen and oxygen atoms in total. The van der Waals surface area contributed by atoms with Crippen LogP contribution in [0.25, 0.3) is 10.9 Å². The fraction of sp³-hybridized carbons (Fsp3) is 0.500. The number of fused-ring (bicyclic) bond motifs is 2. The maximum Gasteiger partial charge on any atom is 0.246 e.